The Kier molecular flexibility index (Phi) is 4.70. The molecule has 0 radical (unpaired) electrons. The summed E-state index contributed by atoms with van der Waals surface area (Å²) in [5, 5.41) is 0. The van der Waals surface area contributed by atoms with Crippen LogP contribution in [0.1, 0.15) is 12.0 Å². The molecule has 22 heavy (non-hydrogen) atoms. The summed E-state index contributed by atoms with van der Waals surface area (Å²) in [5.41, 5.74) is 4.95. The lowest BCUT2D eigenvalue weighted by atomic mass is 10.1. The molecule has 0 bridgehead atoms. The number of primary amides is 1. The van der Waals surface area contributed by atoms with Gasteiger partial charge in [-0.15, -0.1) is 0 Å². The molecular weight excluding hydrogens is 301 g/mol. The highest BCUT2D eigenvalue weighted by Gasteiger charge is 2.38. The molecule has 8 heteroatoms. The Bertz CT molecular complexity index is 609. The van der Waals surface area contributed by atoms with Gasteiger partial charge < -0.3 is 15.4 Å². The van der Waals surface area contributed by atoms with Gasteiger partial charge in [-0.05, 0) is 6.07 Å². The zero-order valence-corrected chi connectivity index (χ0v) is 11.8. The quantitative estimate of drug-likeness (QED) is 0.833. The molecule has 1 heterocycles. The number of halogens is 3. The van der Waals surface area contributed by atoms with E-state index in [0.29, 0.717) is 12.1 Å². The third-order valence-electron chi connectivity index (χ3n) is 3.68. The van der Waals surface area contributed by atoms with Crippen LogP contribution in [-0.4, -0.2) is 42.5 Å². The van der Waals surface area contributed by atoms with Crippen LogP contribution < -0.4 is 5.73 Å². The Morgan fingerprint density at radius 1 is 1.27 bits per heavy atom. The molecule has 1 fully saturated rings. The Balaban J connectivity index is 2.18. The first-order valence-electron chi connectivity index (χ1n) is 6.58. The molecule has 2 N–H and O–H groups in total. The van der Waals surface area contributed by atoms with Crippen LogP contribution in [0.15, 0.2) is 12.1 Å². The molecular formula is C14H15F3N2O3. The summed E-state index contributed by atoms with van der Waals surface area (Å²) in [5.74, 6) is -4.89. The maximum absolute atomic E-state index is 13.6. The van der Waals surface area contributed by atoms with Crippen LogP contribution in [0.4, 0.5) is 13.2 Å². The minimum absolute atomic E-state index is 0.133. The Hall–Kier alpha value is -2.09. The lowest BCUT2D eigenvalue weighted by Gasteiger charge is -2.22. The summed E-state index contributed by atoms with van der Waals surface area (Å²) >= 11 is 0. The van der Waals surface area contributed by atoms with Gasteiger partial charge in [0, 0.05) is 31.7 Å². The van der Waals surface area contributed by atoms with E-state index >= 15 is 0 Å². The summed E-state index contributed by atoms with van der Waals surface area (Å²) in [6.07, 6.45) is -0.600. The number of nitrogens with two attached hydrogens (primary N) is 1. The fourth-order valence-electron chi connectivity index (χ4n) is 2.48. The number of hydrogen-bond donors (Lipinski definition) is 1. The van der Waals surface area contributed by atoms with Gasteiger partial charge >= 0.3 is 0 Å². The lowest BCUT2D eigenvalue weighted by Crippen LogP contribution is -2.44. The highest BCUT2D eigenvalue weighted by Crippen LogP contribution is 2.22. The summed E-state index contributed by atoms with van der Waals surface area (Å²) in [4.78, 5) is 24.8. The smallest absolute Gasteiger partial charge is 0.240 e. The minimum atomic E-state index is -1.33. The molecule has 5 nitrogen and oxygen atoms in total. The van der Waals surface area contributed by atoms with Crippen LogP contribution in [-0.2, 0) is 20.7 Å². The van der Waals surface area contributed by atoms with E-state index in [2.05, 4.69) is 0 Å². The van der Waals surface area contributed by atoms with Crippen LogP contribution in [0.5, 0.6) is 0 Å². The highest BCUT2D eigenvalue weighted by atomic mass is 19.2. The van der Waals surface area contributed by atoms with Gasteiger partial charge in [-0.3, -0.25) is 9.59 Å². The van der Waals surface area contributed by atoms with Crippen molar-refractivity contribution in [3.8, 4) is 0 Å². The van der Waals surface area contributed by atoms with Crippen molar-refractivity contribution in [3.63, 3.8) is 0 Å². The first-order chi connectivity index (χ1) is 10.3. The fraction of sp³-hybridized carbons (Fsp3) is 0.429. The van der Waals surface area contributed by atoms with Crippen LogP contribution in [0.25, 0.3) is 0 Å². The van der Waals surface area contributed by atoms with Gasteiger partial charge in [-0.25, -0.2) is 13.2 Å². The Labute approximate surface area is 124 Å². The van der Waals surface area contributed by atoms with E-state index in [1.165, 1.54) is 12.0 Å². The van der Waals surface area contributed by atoms with E-state index in [9.17, 15) is 22.8 Å². The monoisotopic (exact) mass is 316 g/mol. The van der Waals surface area contributed by atoms with E-state index in [4.69, 9.17) is 10.5 Å². The van der Waals surface area contributed by atoms with Crippen LogP contribution in [0, 0.1) is 17.5 Å². The number of carbonyl (C=O) groups excluding carboxylic acids is 2. The maximum Gasteiger partial charge on any atom is 0.240 e. The molecule has 2 rings (SSSR count). The van der Waals surface area contributed by atoms with E-state index in [1.54, 1.807) is 0 Å². The van der Waals surface area contributed by atoms with Gasteiger partial charge in [0.15, 0.2) is 11.6 Å². The number of nitrogens with zero attached hydrogens (tertiary/aromatic N) is 1. The third kappa shape index (κ3) is 3.22. The number of amides is 2. The predicted octanol–water partition coefficient (Wildman–Crippen LogP) is 0.748. The van der Waals surface area contributed by atoms with Crippen LogP contribution in [0.2, 0.25) is 0 Å². The van der Waals surface area contributed by atoms with E-state index in [0.717, 1.165) is 0 Å². The molecule has 1 aliphatic heterocycles. The van der Waals surface area contributed by atoms with Gasteiger partial charge in [0.1, 0.15) is 11.9 Å². The van der Waals surface area contributed by atoms with Gasteiger partial charge in [0.05, 0.1) is 12.5 Å². The number of hydrogen-bond acceptors (Lipinski definition) is 3. The second-order valence-electron chi connectivity index (χ2n) is 5.09. The molecule has 0 saturated carbocycles. The van der Waals surface area contributed by atoms with E-state index in [1.807, 2.05) is 0 Å². The molecule has 0 spiro atoms. The standard InChI is InChI=1S/C14H15F3N2O3/c1-22-8-4-12(14(18)21)19(6-8)13(20)3-7-2-10(16)11(17)5-9(7)15/h2,5,8,12H,3-4,6H2,1H3,(H2,18,21)/t8-,12-/m0/s1. The SMILES string of the molecule is CO[C@H]1C[C@@H](C(N)=O)N(C(=O)Cc2cc(F)c(F)cc2F)C1. The number of ether oxygens (including phenoxy) is 1. The van der Waals surface area contributed by atoms with Gasteiger partial charge in [-0.1, -0.05) is 0 Å². The summed E-state index contributed by atoms with van der Waals surface area (Å²) < 4.78 is 44.7. The highest BCUT2D eigenvalue weighted by molar-refractivity contribution is 5.88. The van der Waals surface area contributed by atoms with E-state index < -0.39 is 41.7 Å². The Morgan fingerprint density at radius 2 is 1.91 bits per heavy atom. The molecule has 2 atom stereocenters. The largest absolute Gasteiger partial charge is 0.380 e. The molecule has 1 saturated heterocycles. The summed E-state index contributed by atoms with van der Waals surface area (Å²) in [7, 11) is 1.44. The molecule has 1 aromatic rings. The first kappa shape index (κ1) is 16.3. The van der Waals surface area contributed by atoms with Crippen molar-refractivity contribution in [3.05, 3.63) is 35.1 Å². The zero-order chi connectivity index (χ0) is 16.4. The number of likely N-dealkylation sites (tertiary alicyclic amines) is 1. The second-order valence-corrected chi connectivity index (χ2v) is 5.09. The normalized spacial score (nSPS) is 21.2. The number of benzene rings is 1. The molecule has 120 valence electrons. The number of carbonyl (C=O) groups is 2. The molecule has 2 amide bonds. The van der Waals surface area contributed by atoms with Crippen LogP contribution in [0.3, 0.4) is 0 Å². The van der Waals surface area contributed by atoms with Crippen molar-refractivity contribution >= 4 is 11.8 Å². The molecule has 0 aliphatic carbocycles. The summed E-state index contributed by atoms with van der Waals surface area (Å²) in [6, 6.07) is 0.155. The van der Waals surface area contributed by atoms with Crippen molar-refractivity contribution in [2.24, 2.45) is 5.73 Å². The maximum atomic E-state index is 13.6. The molecule has 0 aromatic heterocycles. The predicted molar refractivity (Wildman–Crippen MR) is 70.1 cm³/mol. The fourth-order valence-corrected chi connectivity index (χ4v) is 2.48. The van der Waals surface area contributed by atoms with Crippen molar-refractivity contribution in [2.45, 2.75) is 25.0 Å². The first-order valence-corrected chi connectivity index (χ1v) is 6.58. The average Bonchev–Trinajstić information content (AvgIpc) is 2.89. The van der Waals surface area contributed by atoms with E-state index in [-0.39, 0.29) is 24.6 Å². The lowest BCUT2D eigenvalue weighted by molar-refractivity contribution is -0.136. The zero-order valence-electron chi connectivity index (χ0n) is 11.8. The number of methoxy groups -OCH3 is 1. The summed E-state index contributed by atoms with van der Waals surface area (Å²) in [6.45, 7) is 0.133. The number of rotatable bonds is 4. The van der Waals surface area contributed by atoms with Gasteiger partial charge in [0.2, 0.25) is 11.8 Å². The third-order valence-corrected chi connectivity index (χ3v) is 3.68. The van der Waals surface area contributed by atoms with Crippen molar-refractivity contribution in [2.75, 3.05) is 13.7 Å². The molecule has 1 aliphatic rings. The molecule has 1 aromatic carbocycles. The van der Waals surface area contributed by atoms with Crippen LogP contribution >= 0.6 is 0 Å². The van der Waals surface area contributed by atoms with Crippen molar-refractivity contribution < 1.29 is 27.5 Å². The van der Waals surface area contributed by atoms with Crippen molar-refractivity contribution in [1.82, 2.24) is 4.90 Å². The van der Waals surface area contributed by atoms with Crippen molar-refractivity contribution in [1.29, 1.82) is 0 Å². The second kappa shape index (κ2) is 6.35. The topological polar surface area (TPSA) is 72.6 Å². The van der Waals surface area contributed by atoms with Gasteiger partial charge in [-0.2, -0.15) is 0 Å². The van der Waals surface area contributed by atoms with Gasteiger partial charge in [0.25, 0.3) is 0 Å². The average molecular weight is 316 g/mol. The Morgan fingerprint density at radius 3 is 2.50 bits per heavy atom. The minimum Gasteiger partial charge on any atom is -0.380 e. The molecule has 0 unspecified atom stereocenters.